The van der Waals surface area contributed by atoms with E-state index in [0.717, 1.165) is 6.42 Å². The Bertz CT molecular complexity index is 518. The molecule has 3 N–H and O–H groups in total. The molecule has 0 aromatic heterocycles. The van der Waals surface area contributed by atoms with Gasteiger partial charge in [-0.2, -0.15) is 0 Å². The van der Waals surface area contributed by atoms with Crippen LogP contribution < -0.4 is 10.6 Å². The number of carboxylic acids is 1. The van der Waals surface area contributed by atoms with E-state index in [9.17, 15) is 9.59 Å². The first-order valence-electron chi connectivity index (χ1n) is 6.50. The number of carbonyl (C=O) groups excluding carboxylic acids is 1. The average molecular weight is 278 g/mol. The van der Waals surface area contributed by atoms with Crippen molar-refractivity contribution >= 4 is 17.6 Å². The molecule has 0 spiro atoms. The topological polar surface area (TPSA) is 92.9 Å². The van der Waals surface area contributed by atoms with Gasteiger partial charge < -0.3 is 20.5 Å². The van der Waals surface area contributed by atoms with Crippen LogP contribution in [0, 0.1) is 0 Å². The minimum Gasteiger partial charge on any atom is -0.478 e. The third kappa shape index (κ3) is 2.81. The number of anilines is 1. The highest BCUT2D eigenvalue weighted by atomic mass is 16.5. The van der Waals surface area contributed by atoms with Crippen LogP contribution in [0.1, 0.15) is 23.2 Å². The molecule has 0 saturated carbocycles. The van der Waals surface area contributed by atoms with E-state index in [-0.39, 0.29) is 17.6 Å². The second kappa shape index (κ2) is 6.02. The molecule has 1 aliphatic heterocycles. The molecular weight excluding hydrogens is 260 g/mol. The fourth-order valence-electron chi connectivity index (χ4n) is 2.34. The lowest BCUT2D eigenvalue weighted by Crippen LogP contribution is -2.37. The van der Waals surface area contributed by atoms with E-state index in [1.165, 1.54) is 11.0 Å². The molecule has 0 radical (unpaired) electrons. The molecule has 108 valence electrons. The van der Waals surface area contributed by atoms with Crippen molar-refractivity contribution in [2.75, 3.05) is 18.5 Å². The standard InChI is InChI=1S/C14H18N2O4/c1-16(11-5-3-2-4-10(11)14(18)19)13(17)12-7-6-9(8-15)20-12/h2-5,9,12H,6-8,15H2,1H3,(H,18,19). The van der Waals surface area contributed by atoms with Gasteiger partial charge >= 0.3 is 5.97 Å². The Kier molecular flexibility index (Phi) is 4.36. The summed E-state index contributed by atoms with van der Waals surface area (Å²) in [6.07, 6.45) is 0.726. The normalized spacial score (nSPS) is 21.7. The lowest BCUT2D eigenvalue weighted by atomic mass is 10.1. The van der Waals surface area contributed by atoms with Crippen molar-refractivity contribution < 1.29 is 19.4 Å². The number of nitrogens with two attached hydrogens (primary N) is 1. The number of rotatable bonds is 4. The Balaban J connectivity index is 2.17. The van der Waals surface area contributed by atoms with Crippen LogP contribution in [0.25, 0.3) is 0 Å². The third-order valence-electron chi connectivity index (χ3n) is 3.47. The van der Waals surface area contributed by atoms with Crippen molar-refractivity contribution in [2.45, 2.75) is 25.0 Å². The fourth-order valence-corrected chi connectivity index (χ4v) is 2.34. The first-order valence-corrected chi connectivity index (χ1v) is 6.50. The van der Waals surface area contributed by atoms with Gasteiger partial charge in [0.05, 0.1) is 17.4 Å². The van der Waals surface area contributed by atoms with E-state index >= 15 is 0 Å². The smallest absolute Gasteiger partial charge is 0.337 e. The van der Waals surface area contributed by atoms with Crippen LogP contribution in [0.5, 0.6) is 0 Å². The quantitative estimate of drug-likeness (QED) is 0.852. The molecule has 1 saturated heterocycles. The summed E-state index contributed by atoms with van der Waals surface area (Å²) in [5, 5.41) is 9.16. The van der Waals surface area contributed by atoms with Crippen LogP contribution in [0.4, 0.5) is 5.69 Å². The maximum absolute atomic E-state index is 12.3. The number of hydrogen-bond donors (Lipinski definition) is 2. The van der Waals surface area contributed by atoms with Crippen LogP contribution in [0.3, 0.4) is 0 Å². The van der Waals surface area contributed by atoms with Gasteiger partial charge in [-0.15, -0.1) is 0 Å². The minimum atomic E-state index is -1.06. The zero-order valence-electron chi connectivity index (χ0n) is 11.3. The van der Waals surface area contributed by atoms with Crippen molar-refractivity contribution in [3.8, 4) is 0 Å². The number of ether oxygens (including phenoxy) is 1. The summed E-state index contributed by atoms with van der Waals surface area (Å²) >= 11 is 0. The fraction of sp³-hybridized carbons (Fsp3) is 0.429. The number of amides is 1. The van der Waals surface area contributed by atoms with E-state index in [0.29, 0.717) is 18.7 Å². The number of carboxylic acid groups (broad SMARTS) is 1. The van der Waals surface area contributed by atoms with Gasteiger partial charge in [0.2, 0.25) is 0 Å². The number of aromatic carboxylic acids is 1. The molecule has 1 aromatic rings. The van der Waals surface area contributed by atoms with Crippen molar-refractivity contribution in [1.29, 1.82) is 0 Å². The molecule has 6 nitrogen and oxygen atoms in total. The van der Waals surface area contributed by atoms with E-state index in [1.54, 1.807) is 25.2 Å². The van der Waals surface area contributed by atoms with Gasteiger partial charge in [-0.05, 0) is 25.0 Å². The second-order valence-corrected chi connectivity index (χ2v) is 4.78. The average Bonchev–Trinajstić information content (AvgIpc) is 2.94. The van der Waals surface area contributed by atoms with Crippen molar-refractivity contribution in [3.63, 3.8) is 0 Å². The largest absolute Gasteiger partial charge is 0.478 e. The number of hydrogen-bond acceptors (Lipinski definition) is 4. The van der Waals surface area contributed by atoms with Crippen LogP contribution >= 0.6 is 0 Å². The molecule has 1 aliphatic rings. The lowest BCUT2D eigenvalue weighted by Gasteiger charge is -2.22. The Morgan fingerprint density at radius 1 is 1.40 bits per heavy atom. The zero-order valence-corrected chi connectivity index (χ0v) is 11.3. The summed E-state index contributed by atoms with van der Waals surface area (Å²) in [4.78, 5) is 24.9. The molecule has 1 aromatic carbocycles. The van der Waals surface area contributed by atoms with Gasteiger partial charge in [-0.1, -0.05) is 12.1 Å². The summed E-state index contributed by atoms with van der Waals surface area (Å²) in [6, 6.07) is 6.40. The Morgan fingerprint density at radius 2 is 2.10 bits per heavy atom. The van der Waals surface area contributed by atoms with Crippen LogP contribution in [-0.2, 0) is 9.53 Å². The second-order valence-electron chi connectivity index (χ2n) is 4.78. The van der Waals surface area contributed by atoms with E-state index in [2.05, 4.69) is 0 Å². The van der Waals surface area contributed by atoms with Crippen LogP contribution in [0.15, 0.2) is 24.3 Å². The van der Waals surface area contributed by atoms with Gasteiger partial charge in [0, 0.05) is 13.6 Å². The summed E-state index contributed by atoms with van der Waals surface area (Å²) in [5.41, 5.74) is 5.98. The number of nitrogens with zero attached hydrogens (tertiary/aromatic N) is 1. The first kappa shape index (κ1) is 14.5. The van der Waals surface area contributed by atoms with Gasteiger partial charge in [0.25, 0.3) is 5.91 Å². The molecule has 20 heavy (non-hydrogen) atoms. The highest BCUT2D eigenvalue weighted by Crippen LogP contribution is 2.25. The summed E-state index contributed by atoms with van der Waals surface area (Å²) in [6.45, 7) is 0.388. The van der Waals surface area contributed by atoms with Gasteiger partial charge in [-0.25, -0.2) is 4.79 Å². The summed E-state index contributed by atoms with van der Waals surface area (Å²) in [7, 11) is 1.56. The van der Waals surface area contributed by atoms with Crippen LogP contribution in [0.2, 0.25) is 0 Å². The predicted molar refractivity (Wildman–Crippen MR) is 73.8 cm³/mol. The molecule has 2 rings (SSSR count). The number of para-hydroxylation sites is 1. The number of benzene rings is 1. The zero-order chi connectivity index (χ0) is 14.7. The van der Waals surface area contributed by atoms with Crippen molar-refractivity contribution in [2.24, 2.45) is 5.73 Å². The van der Waals surface area contributed by atoms with Gasteiger partial charge in [-0.3, -0.25) is 4.79 Å². The maximum Gasteiger partial charge on any atom is 0.337 e. The molecule has 1 heterocycles. The molecule has 1 fully saturated rings. The summed E-state index contributed by atoms with van der Waals surface area (Å²) in [5.74, 6) is -1.30. The highest BCUT2D eigenvalue weighted by Gasteiger charge is 2.33. The predicted octanol–water partition coefficient (Wildman–Crippen LogP) is 0.854. The van der Waals surface area contributed by atoms with Gasteiger partial charge in [0.1, 0.15) is 6.10 Å². The molecule has 0 bridgehead atoms. The third-order valence-corrected chi connectivity index (χ3v) is 3.47. The molecule has 0 aliphatic carbocycles. The maximum atomic E-state index is 12.3. The summed E-state index contributed by atoms with van der Waals surface area (Å²) < 4.78 is 5.55. The molecule has 2 atom stereocenters. The van der Waals surface area contributed by atoms with E-state index in [1.807, 2.05) is 0 Å². The molecule has 1 amide bonds. The molecule has 2 unspecified atom stereocenters. The van der Waals surface area contributed by atoms with Crippen molar-refractivity contribution in [1.82, 2.24) is 0 Å². The molecular formula is C14H18N2O4. The lowest BCUT2D eigenvalue weighted by molar-refractivity contribution is -0.128. The number of carbonyl (C=O) groups is 2. The van der Waals surface area contributed by atoms with E-state index in [4.69, 9.17) is 15.6 Å². The Hall–Kier alpha value is -1.92. The highest BCUT2D eigenvalue weighted by molar-refractivity contribution is 6.03. The monoisotopic (exact) mass is 278 g/mol. The van der Waals surface area contributed by atoms with E-state index < -0.39 is 12.1 Å². The van der Waals surface area contributed by atoms with Crippen molar-refractivity contribution in [3.05, 3.63) is 29.8 Å². The number of likely N-dealkylation sites (N-methyl/N-ethyl adjacent to an activating group) is 1. The Morgan fingerprint density at radius 3 is 2.70 bits per heavy atom. The Labute approximate surface area is 117 Å². The van der Waals surface area contributed by atoms with Gasteiger partial charge in [0.15, 0.2) is 0 Å². The first-order chi connectivity index (χ1) is 9.54. The SMILES string of the molecule is CN(C(=O)C1CCC(CN)O1)c1ccccc1C(=O)O. The van der Waals surface area contributed by atoms with Crippen LogP contribution in [-0.4, -0.2) is 42.8 Å². The minimum absolute atomic E-state index is 0.0907. The molecule has 6 heteroatoms.